The van der Waals surface area contributed by atoms with E-state index in [1.54, 1.807) is 35.0 Å². The lowest BCUT2D eigenvalue weighted by molar-refractivity contribution is -0.169. The summed E-state index contributed by atoms with van der Waals surface area (Å²) in [6.07, 6.45) is 0.251. The summed E-state index contributed by atoms with van der Waals surface area (Å²) in [7, 11) is 1.89. The minimum Gasteiger partial charge on any atom is -0.506 e. The molecule has 17 heteroatoms. The Bertz CT molecular complexity index is 2090. The highest BCUT2D eigenvalue weighted by Gasteiger charge is 2.45. The van der Waals surface area contributed by atoms with E-state index in [1.807, 2.05) is 11.9 Å². The number of hydrogen-bond donors (Lipinski definition) is 6. The lowest BCUT2D eigenvalue weighted by Gasteiger charge is -2.35. The molecule has 0 bridgehead atoms. The molecule has 6 N–H and O–H groups in total. The molecule has 0 aliphatic heterocycles. The van der Waals surface area contributed by atoms with Crippen LogP contribution < -0.4 is 16.2 Å². The summed E-state index contributed by atoms with van der Waals surface area (Å²) in [5.74, 6) is -2.51. The fraction of sp³-hybridized carbons (Fsp3) is 0.342. The Labute approximate surface area is 321 Å². The minimum atomic E-state index is -1.86. The van der Waals surface area contributed by atoms with Crippen molar-refractivity contribution in [2.24, 2.45) is 0 Å². The third-order valence-corrected chi connectivity index (χ3v) is 11.5. The van der Waals surface area contributed by atoms with E-state index >= 15 is 0 Å². The van der Waals surface area contributed by atoms with Crippen LogP contribution in [0.25, 0.3) is 10.9 Å². The molecule has 12 nitrogen and oxygen atoms in total. The van der Waals surface area contributed by atoms with Crippen molar-refractivity contribution >= 4 is 51.3 Å². The van der Waals surface area contributed by atoms with Crippen LogP contribution in [0.5, 0.6) is 5.75 Å². The van der Waals surface area contributed by atoms with E-state index in [-0.39, 0.29) is 53.4 Å². The van der Waals surface area contributed by atoms with E-state index in [0.717, 1.165) is 25.0 Å². The van der Waals surface area contributed by atoms with Crippen LogP contribution in [0, 0.1) is 11.6 Å². The number of nitrogens with zero attached hydrogens (tertiary/aromatic N) is 1. The number of anilines is 1. The molecule has 3 heterocycles. The molecular formula is C38H41F3N4O8S2. The molecule has 1 amide bonds. The Hall–Kier alpha value is -4.78. The number of fused-ring (bicyclic) bond motifs is 1. The number of amides is 1. The van der Waals surface area contributed by atoms with E-state index in [2.05, 4.69) is 15.6 Å². The second-order valence-corrected chi connectivity index (χ2v) is 15.0. The smallest absolute Gasteiger partial charge is 0.411 e. The highest BCUT2D eigenvalue weighted by Crippen LogP contribution is 2.38. The van der Waals surface area contributed by atoms with E-state index in [4.69, 9.17) is 9.47 Å². The normalized spacial score (nSPS) is 16.4. The monoisotopic (exact) mass is 802 g/mol. The van der Waals surface area contributed by atoms with Gasteiger partial charge in [-0.2, -0.15) is 0 Å². The molecule has 0 unspecified atom stereocenters. The van der Waals surface area contributed by atoms with Crippen molar-refractivity contribution in [3.8, 4) is 5.75 Å². The standard InChI is InChI=1S/C38H40F2N4O8S2.FH/c1-44(23-6-8-24(9-7-23)52-36(48)38(50,32-4-2-16-53-32)33-5-3-17-54-33)14-15-51-37(49)42-29-19-27(39)22(18-28(29)40)20-41-21-31(46)25-10-12-30(45)35-26(25)11-13-34(47)43-35;/h2-5,10-13,16-19,23-24,31,41,45-46,50H,6-9,14-15,20-21H2,1H3,(H,42,49)(H,43,47);1H/t23?,24?,31-;/m0./s1. The van der Waals surface area contributed by atoms with Crippen molar-refractivity contribution in [3.63, 3.8) is 0 Å². The van der Waals surface area contributed by atoms with Crippen molar-refractivity contribution < 1.29 is 47.9 Å². The van der Waals surface area contributed by atoms with Gasteiger partial charge < -0.3 is 40.0 Å². The lowest BCUT2D eigenvalue weighted by Crippen LogP contribution is -2.42. The number of ether oxygens (including phenoxy) is 2. The van der Waals surface area contributed by atoms with Gasteiger partial charge in [0.05, 0.1) is 27.1 Å². The molecule has 1 atom stereocenters. The van der Waals surface area contributed by atoms with Crippen LogP contribution >= 0.6 is 22.7 Å². The van der Waals surface area contributed by atoms with Gasteiger partial charge in [-0.25, -0.2) is 18.4 Å². The number of aliphatic hydroxyl groups is 2. The zero-order chi connectivity index (χ0) is 38.4. The molecule has 1 saturated carbocycles. The summed E-state index contributed by atoms with van der Waals surface area (Å²) < 4.78 is 40.9. The average molecular weight is 803 g/mol. The van der Waals surface area contributed by atoms with Crippen LogP contribution in [0.3, 0.4) is 0 Å². The number of benzene rings is 2. The molecule has 0 spiro atoms. The summed E-state index contributed by atoms with van der Waals surface area (Å²) in [5, 5.41) is 41.4. The number of halogens is 3. The van der Waals surface area contributed by atoms with Crippen LogP contribution in [-0.2, 0) is 26.4 Å². The minimum absolute atomic E-state index is 0. The largest absolute Gasteiger partial charge is 0.506 e. The number of aromatic hydroxyl groups is 1. The second-order valence-electron chi connectivity index (χ2n) is 13.1. The maximum absolute atomic E-state index is 14.9. The Kier molecular flexibility index (Phi) is 13.7. The molecule has 294 valence electrons. The first-order valence-corrected chi connectivity index (χ1v) is 19.1. The summed E-state index contributed by atoms with van der Waals surface area (Å²) in [6.45, 7) is 0.184. The third-order valence-electron chi connectivity index (χ3n) is 9.56. The van der Waals surface area contributed by atoms with Crippen molar-refractivity contribution in [1.82, 2.24) is 15.2 Å². The topological polar surface area (TPSA) is 173 Å². The summed E-state index contributed by atoms with van der Waals surface area (Å²) in [4.78, 5) is 43.0. The van der Waals surface area contributed by atoms with Crippen molar-refractivity contribution in [3.05, 3.63) is 114 Å². The molecule has 1 fully saturated rings. The summed E-state index contributed by atoms with van der Waals surface area (Å²) >= 11 is 2.58. The van der Waals surface area contributed by atoms with Gasteiger partial charge in [-0.15, -0.1) is 22.7 Å². The Morgan fingerprint density at radius 2 is 1.71 bits per heavy atom. The van der Waals surface area contributed by atoms with Gasteiger partial charge in [-0.05, 0) is 79.4 Å². The molecule has 6 rings (SSSR count). The van der Waals surface area contributed by atoms with Crippen LogP contribution in [-0.4, -0.2) is 76.2 Å². The zero-order valence-electron chi connectivity index (χ0n) is 29.6. The fourth-order valence-corrected chi connectivity index (χ4v) is 8.28. The van der Waals surface area contributed by atoms with Gasteiger partial charge >= 0.3 is 12.1 Å². The molecule has 5 aromatic rings. The number of carbonyl (C=O) groups excluding carboxylic acids is 2. The van der Waals surface area contributed by atoms with E-state index in [9.17, 15) is 38.5 Å². The first kappa shape index (κ1) is 41.4. The molecule has 3 aromatic heterocycles. The van der Waals surface area contributed by atoms with Crippen LogP contribution in [0.15, 0.2) is 76.2 Å². The van der Waals surface area contributed by atoms with Gasteiger partial charge in [0, 0.05) is 48.8 Å². The average Bonchev–Trinajstić information content (AvgIpc) is 3.90. The number of esters is 1. The Morgan fingerprint density at radius 3 is 2.36 bits per heavy atom. The number of carbonyl (C=O) groups is 2. The van der Waals surface area contributed by atoms with Gasteiger partial charge in [0.15, 0.2) is 0 Å². The van der Waals surface area contributed by atoms with E-state index < -0.39 is 46.6 Å². The lowest BCUT2D eigenvalue weighted by atomic mass is 9.91. The van der Waals surface area contributed by atoms with Crippen LogP contribution in [0.4, 0.5) is 24.0 Å². The first-order chi connectivity index (χ1) is 25.9. The number of aliphatic hydroxyl groups excluding tert-OH is 1. The zero-order valence-corrected chi connectivity index (χ0v) is 31.3. The Balaban J connectivity index is 0.00000580. The highest BCUT2D eigenvalue weighted by atomic mass is 32.1. The second kappa shape index (κ2) is 18.2. The number of phenolic OH excluding ortho intramolecular Hbond substituents is 1. The van der Waals surface area contributed by atoms with Crippen molar-refractivity contribution in [1.29, 1.82) is 0 Å². The number of aromatic amines is 1. The highest BCUT2D eigenvalue weighted by molar-refractivity contribution is 7.12. The predicted octanol–water partition coefficient (Wildman–Crippen LogP) is 5.88. The van der Waals surface area contributed by atoms with Crippen LogP contribution in [0.2, 0.25) is 0 Å². The number of rotatable bonds is 14. The number of H-pyrrole nitrogens is 1. The van der Waals surface area contributed by atoms with Gasteiger partial charge in [0.2, 0.25) is 11.2 Å². The molecule has 2 aromatic carbocycles. The van der Waals surface area contributed by atoms with Gasteiger partial charge in [0.1, 0.15) is 30.1 Å². The molecule has 0 radical (unpaired) electrons. The molecule has 55 heavy (non-hydrogen) atoms. The summed E-state index contributed by atoms with van der Waals surface area (Å²) in [6, 6.07) is 14.5. The van der Waals surface area contributed by atoms with Crippen LogP contribution in [0.1, 0.15) is 52.7 Å². The molecule has 1 aliphatic rings. The van der Waals surface area contributed by atoms with E-state index in [0.29, 0.717) is 40.1 Å². The number of hydrogen-bond acceptors (Lipinski definition) is 12. The third kappa shape index (κ3) is 9.55. The number of likely N-dealkylation sites (N-methyl/N-ethyl adjacent to an activating group) is 1. The molecular weight excluding hydrogens is 762 g/mol. The first-order valence-electron chi connectivity index (χ1n) is 17.3. The maximum atomic E-state index is 14.9. The van der Waals surface area contributed by atoms with Crippen molar-refractivity contribution in [2.45, 2.75) is 56.1 Å². The SMILES string of the molecule is CN(CCOC(=O)Nc1cc(F)c(CNC[C@H](O)c2ccc(O)c3[nH]c(=O)ccc23)cc1F)C1CCC(OC(=O)C(O)(c2cccs2)c2cccs2)CC1.F. The maximum Gasteiger partial charge on any atom is 0.411 e. The molecule has 0 saturated heterocycles. The van der Waals surface area contributed by atoms with Gasteiger partial charge in [-0.3, -0.25) is 14.8 Å². The molecule has 1 aliphatic carbocycles. The summed E-state index contributed by atoms with van der Waals surface area (Å²) in [5.41, 5.74) is -2.10. The number of aromatic nitrogens is 1. The van der Waals surface area contributed by atoms with Gasteiger partial charge in [0.25, 0.3) is 0 Å². The number of pyridine rings is 1. The number of nitrogens with one attached hydrogen (secondary N) is 3. The fourth-order valence-electron chi connectivity index (χ4n) is 6.57. The van der Waals surface area contributed by atoms with E-state index in [1.165, 1.54) is 46.9 Å². The van der Waals surface area contributed by atoms with Crippen molar-refractivity contribution in [2.75, 3.05) is 32.1 Å². The quantitative estimate of drug-likeness (QED) is 0.0745. The van der Waals surface area contributed by atoms with Gasteiger partial charge in [-0.1, -0.05) is 18.2 Å². The Morgan fingerprint density at radius 1 is 1.02 bits per heavy atom. The number of thiophene rings is 2. The number of phenols is 1. The predicted molar refractivity (Wildman–Crippen MR) is 203 cm³/mol.